The number of amides is 2. The van der Waals surface area contributed by atoms with Crippen LogP contribution in [0.4, 0.5) is 22.0 Å². The Labute approximate surface area is 274 Å². The summed E-state index contributed by atoms with van der Waals surface area (Å²) in [5.41, 5.74) is 1.00. The molecule has 49 heavy (non-hydrogen) atoms. The van der Waals surface area contributed by atoms with Crippen molar-refractivity contribution in [2.24, 2.45) is 5.73 Å². The van der Waals surface area contributed by atoms with Crippen molar-refractivity contribution in [1.29, 1.82) is 0 Å². The normalized spacial score (nSPS) is 14.7. The number of hydrogen-bond donors (Lipinski definition) is 3. The summed E-state index contributed by atoms with van der Waals surface area (Å²) < 4.78 is 84.4. The number of nitrogens with two attached hydrogens (primary N) is 1. The number of nitrogens with one attached hydrogen (secondary N) is 1. The Balaban J connectivity index is 1.41. The molecule has 258 valence electrons. The van der Waals surface area contributed by atoms with Crippen LogP contribution in [-0.4, -0.2) is 67.9 Å². The van der Waals surface area contributed by atoms with Crippen LogP contribution in [0.25, 0.3) is 33.1 Å². The largest absolute Gasteiger partial charge is 0.494 e. The van der Waals surface area contributed by atoms with Crippen molar-refractivity contribution in [2.45, 2.75) is 50.6 Å². The van der Waals surface area contributed by atoms with Gasteiger partial charge in [-0.2, -0.15) is 32.1 Å². The third-order valence-electron chi connectivity index (χ3n) is 8.09. The van der Waals surface area contributed by atoms with Crippen LogP contribution in [0.1, 0.15) is 54.0 Å². The molecule has 1 aliphatic carbocycles. The molecule has 4 N–H and O–H groups in total. The van der Waals surface area contributed by atoms with E-state index < -0.39 is 48.8 Å². The van der Waals surface area contributed by atoms with Gasteiger partial charge in [0.15, 0.2) is 0 Å². The van der Waals surface area contributed by atoms with Crippen LogP contribution >= 0.6 is 0 Å². The number of benzene rings is 2. The van der Waals surface area contributed by atoms with Gasteiger partial charge >= 0.3 is 12.7 Å². The van der Waals surface area contributed by atoms with Crippen LogP contribution in [0.2, 0.25) is 0 Å². The van der Waals surface area contributed by atoms with Crippen molar-refractivity contribution in [3.05, 3.63) is 65.6 Å². The highest BCUT2D eigenvalue weighted by atomic mass is 19.4. The lowest BCUT2D eigenvalue weighted by molar-refractivity contribution is -0.265. The van der Waals surface area contributed by atoms with Gasteiger partial charge in [0.25, 0.3) is 5.91 Å². The number of methoxy groups -OCH3 is 1. The van der Waals surface area contributed by atoms with Gasteiger partial charge in [0.2, 0.25) is 11.5 Å². The lowest BCUT2D eigenvalue weighted by atomic mass is 9.93. The van der Waals surface area contributed by atoms with E-state index in [0.29, 0.717) is 15.6 Å². The molecule has 1 fully saturated rings. The summed E-state index contributed by atoms with van der Waals surface area (Å²) in [5, 5.41) is 22.5. The van der Waals surface area contributed by atoms with Gasteiger partial charge in [0.05, 0.1) is 43.9 Å². The molecule has 6 rings (SSSR count). The first-order chi connectivity index (χ1) is 23.2. The van der Waals surface area contributed by atoms with E-state index in [0.717, 1.165) is 25.1 Å². The second-order valence-electron chi connectivity index (χ2n) is 11.6. The average molecular weight is 688 g/mol. The van der Waals surface area contributed by atoms with E-state index in [1.54, 1.807) is 17.8 Å². The Bertz CT molecular complexity index is 2070. The van der Waals surface area contributed by atoms with Crippen LogP contribution in [0.15, 0.2) is 48.8 Å². The molecule has 0 aliphatic heterocycles. The zero-order chi connectivity index (χ0) is 35.2. The highest BCUT2D eigenvalue weighted by molar-refractivity contribution is 6.00. The molecular weight excluding hydrogens is 657 g/mol. The predicted molar refractivity (Wildman–Crippen MR) is 165 cm³/mol. The van der Waals surface area contributed by atoms with Crippen LogP contribution in [0, 0.1) is 0 Å². The summed E-state index contributed by atoms with van der Waals surface area (Å²) in [4.78, 5) is 29.5. The number of aromatic nitrogens is 5. The van der Waals surface area contributed by atoms with Gasteiger partial charge in [-0.15, -0.1) is 0 Å². The Hall–Kier alpha value is -5.32. The van der Waals surface area contributed by atoms with Crippen molar-refractivity contribution < 1.29 is 46.1 Å². The number of aliphatic hydroxyl groups is 1. The molecular formula is C32H30F5N7O5. The Morgan fingerprint density at radius 1 is 1.10 bits per heavy atom. The summed E-state index contributed by atoms with van der Waals surface area (Å²) in [7, 11) is 1.37. The quantitative estimate of drug-likeness (QED) is 0.158. The maximum absolute atomic E-state index is 14.8. The summed E-state index contributed by atoms with van der Waals surface area (Å²) >= 11 is 0. The van der Waals surface area contributed by atoms with Crippen molar-refractivity contribution in [3.8, 4) is 22.8 Å². The lowest BCUT2D eigenvalue weighted by Gasteiger charge is -2.31. The fourth-order valence-corrected chi connectivity index (χ4v) is 5.49. The van der Waals surface area contributed by atoms with Gasteiger partial charge < -0.3 is 25.6 Å². The minimum atomic E-state index is -5.41. The number of nitrogens with zero attached hydrogens (tertiary/aromatic N) is 5. The van der Waals surface area contributed by atoms with Crippen LogP contribution in [0.3, 0.4) is 0 Å². The molecule has 0 bridgehead atoms. The number of fused-ring (bicyclic) bond motifs is 2. The van der Waals surface area contributed by atoms with Gasteiger partial charge in [-0.1, -0.05) is 6.07 Å². The van der Waals surface area contributed by atoms with Gasteiger partial charge in [-0.05, 0) is 50.1 Å². The molecule has 2 aromatic carbocycles. The maximum atomic E-state index is 14.8. The van der Waals surface area contributed by atoms with Crippen LogP contribution in [0.5, 0.6) is 11.5 Å². The molecule has 17 heteroatoms. The van der Waals surface area contributed by atoms with E-state index in [-0.39, 0.29) is 57.4 Å². The third kappa shape index (κ3) is 6.45. The molecule has 0 spiro atoms. The highest BCUT2D eigenvalue weighted by Gasteiger charge is 2.57. The van der Waals surface area contributed by atoms with Gasteiger partial charge in [0.1, 0.15) is 22.7 Å². The molecule has 3 heterocycles. The summed E-state index contributed by atoms with van der Waals surface area (Å²) in [6.07, 6.45) is -1.35. The summed E-state index contributed by atoms with van der Waals surface area (Å²) in [6.45, 7) is -2.74. The molecule has 0 radical (unpaired) electrons. The van der Waals surface area contributed by atoms with Crippen LogP contribution in [-0.2, 0) is 16.8 Å². The first kappa shape index (κ1) is 33.6. The lowest BCUT2D eigenvalue weighted by Crippen LogP contribution is -2.51. The van der Waals surface area contributed by atoms with Gasteiger partial charge in [-0.25, -0.2) is 9.67 Å². The van der Waals surface area contributed by atoms with E-state index in [4.69, 9.17) is 15.2 Å². The number of halogens is 5. The molecule has 0 saturated heterocycles. The molecule has 5 aromatic rings. The number of alkyl halides is 5. The number of carbonyl (C=O) groups is 2. The van der Waals surface area contributed by atoms with Crippen molar-refractivity contribution in [3.63, 3.8) is 0 Å². The summed E-state index contributed by atoms with van der Waals surface area (Å²) in [5.74, 6) is -1.74. The molecule has 1 aliphatic rings. The second kappa shape index (κ2) is 12.6. The highest BCUT2D eigenvalue weighted by Crippen LogP contribution is 2.43. The Morgan fingerprint density at radius 3 is 2.49 bits per heavy atom. The topological polar surface area (TPSA) is 159 Å². The third-order valence-corrected chi connectivity index (χ3v) is 8.09. The molecule has 2 amide bonds. The van der Waals surface area contributed by atoms with E-state index in [9.17, 15) is 36.6 Å². The van der Waals surface area contributed by atoms with Crippen molar-refractivity contribution in [2.75, 3.05) is 20.3 Å². The molecule has 3 aromatic heterocycles. The van der Waals surface area contributed by atoms with E-state index in [1.165, 1.54) is 37.4 Å². The smallest absolute Gasteiger partial charge is 0.424 e. The predicted octanol–water partition coefficient (Wildman–Crippen LogP) is 4.79. The first-order valence-electron chi connectivity index (χ1n) is 15.1. The number of pyridine rings is 1. The Kier molecular flexibility index (Phi) is 8.64. The van der Waals surface area contributed by atoms with E-state index in [1.807, 2.05) is 0 Å². The van der Waals surface area contributed by atoms with Crippen molar-refractivity contribution in [1.82, 2.24) is 29.9 Å². The average Bonchev–Trinajstić information content (AvgIpc) is 3.66. The second-order valence-corrected chi connectivity index (χ2v) is 11.6. The monoisotopic (exact) mass is 687 g/mol. The minimum absolute atomic E-state index is 0.00168. The van der Waals surface area contributed by atoms with E-state index >= 15 is 0 Å². The number of primary amides is 1. The number of ether oxygens (including phenoxy) is 2. The molecule has 12 nitrogen and oxygen atoms in total. The summed E-state index contributed by atoms with van der Waals surface area (Å²) in [6, 6.07) is 7.93. The molecule has 1 saturated carbocycles. The number of rotatable bonds is 12. The molecule has 1 atom stereocenters. The Morgan fingerprint density at radius 2 is 1.86 bits per heavy atom. The zero-order valence-corrected chi connectivity index (χ0v) is 26.1. The van der Waals surface area contributed by atoms with Gasteiger partial charge in [-0.3, -0.25) is 14.3 Å². The number of carbonyl (C=O) groups excluding carboxylic acids is 2. The van der Waals surface area contributed by atoms with Gasteiger partial charge in [0, 0.05) is 39.9 Å². The fourth-order valence-electron chi connectivity index (χ4n) is 5.49. The molecule has 0 unspecified atom stereocenters. The zero-order valence-electron chi connectivity index (χ0n) is 26.1. The first-order valence-corrected chi connectivity index (χ1v) is 15.1. The van der Waals surface area contributed by atoms with Crippen LogP contribution < -0.4 is 20.5 Å². The minimum Gasteiger partial charge on any atom is -0.494 e. The van der Waals surface area contributed by atoms with Crippen molar-refractivity contribution >= 4 is 33.6 Å². The van der Waals surface area contributed by atoms with E-state index in [2.05, 4.69) is 20.5 Å². The number of hydrogen-bond acceptors (Lipinski definition) is 8. The SMILES string of the molecule is CCOc1c(CC(N)=O)cc([C@@](O)(CNC(=O)c2cc(OC)c3nn(C4CC4)cc3c2)C(F)(F)F)nc1-c1ccc2nn(C(F)F)cc2c1. The fraction of sp³-hybridized carbons (Fsp3) is 0.344. The maximum Gasteiger partial charge on any atom is 0.424 e. The standard InChI is InChI=1S/C32H30F5N7O5/c1-3-49-28-17(12-25(38)45)11-24(40-27(28)16-4-7-22-19(8-16)13-44(41-22)30(33)34)31(47,32(35,36)37)15-39-29(46)18-9-20-14-43(21-5-6-21)42-26(20)23(10-18)48-2/h4,7-11,13-14,21,30,47H,3,5-6,12,15H2,1-2H3,(H2,38,45)(H,39,46)/t31-/m0/s1.